The molecule has 12 nitrogen and oxygen atoms in total. The first-order chi connectivity index (χ1) is 19.1. The molecular formula is C27H28N9NaO3. The first-order valence-electron chi connectivity index (χ1n) is 13.2. The fourth-order valence-corrected chi connectivity index (χ4v) is 5.87. The molecule has 2 saturated heterocycles. The van der Waals surface area contributed by atoms with Crippen LogP contribution in [-0.4, -0.2) is 84.2 Å². The summed E-state index contributed by atoms with van der Waals surface area (Å²) in [6.45, 7) is 2.97. The van der Waals surface area contributed by atoms with Gasteiger partial charge >= 0.3 is 29.6 Å². The first-order valence-corrected chi connectivity index (χ1v) is 13.2. The van der Waals surface area contributed by atoms with Crippen LogP contribution in [0.15, 0.2) is 42.7 Å². The number of benzene rings is 2. The van der Waals surface area contributed by atoms with Gasteiger partial charge in [0.05, 0.1) is 12.0 Å². The Morgan fingerprint density at radius 3 is 2.58 bits per heavy atom. The smallest absolute Gasteiger partial charge is 1.00 e. The van der Waals surface area contributed by atoms with Crippen LogP contribution in [0.2, 0.25) is 0 Å². The molecule has 1 amide bonds. The van der Waals surface area contributed by atoms with Crippen LogP contribution in [0.3, 0.4) is 0 Å². The van der Waals surface area contributed by atoms with Crippen LogP contribution in [0.1, 0.15) is 54.2 Å². The van der Waals surface area contributed by atoms with Gasteiger partial charge in [-0.15, -0.1) is 10.2 Å². The number of anilines is 1. The van der Waals surface area contributed by atoms with Gasteiger partial charge in [0.1, 0.15) is 17.7 Å². The summed E-state index contributed by atoms with van der Waals surface area (Å²) in [7, 11) is 0. The monoisotopic (exact) mass is 549 g/mol. The molecule has 0 aliphatic carbocycles. The second-order valence-corrected chi connectivity index (χ2v) is 10.4. The number of amides is 1. The van der Waals surface area contributed by atoms with Crippen molar-refractivity contribution in [2.75, 3.05) is 31.1 Å². The van der Waals surface area contributed by atoms with E-state index in [2.05, 4.69) is 46.8 Å². The number of ether oxygens (including phenoxy) is 1. The Labute approximate surface area is 253 Å². The fourth-order valence-electron chi connectivity index (χ4n) is 5.87. The van der Waals surface area contributed by atoms with Crippen LogP contribution in [0.25, 0.3) is 22.8 Å². The number of likely N-dealkylation sites (tertiary alicyclic amines) is 1. The molecule has 3 aliphatic heterocycles. The van der Waals surface area contributed by atoms with Crippen LogP contribution < -0.4 is 39.2 Å². The quantitative estimate of drug-likeness (QED) is 0.336. The maximum Gasteiger partial charge on any atom is 1.00 e. The van der Waals surface area contributed by atoms with Gasteiger partial charge in [-0.05, 0) is 54.5 Å². The van der Waals surface area contributed by atoms with Crippen LogP contribution >= 0.6 is 0 Å². The molecule has 2 N–H and O–H groups in total. The van der Waals surface area contributed by atoms with Crippen molar-refractivity contribution in [1.82, 2.24) is 40.7 Å². The summed E-state index contributed by atoms with van der Waals surface area (Å²) in [5.74, 6) is 1.62. The van der Waals surface area contributed by atoms with E-state index in [4.69, 9.17) is 4.74 Å². The zero-order chi connectivity index (χ0) is 26.4. The standard InChI is InChI=1S/C27H27N9O3.Na.H/c37-22-15-27(39-23-4-3-17(14-21(22)23)25-31-33-34-32-25)5-9-36(10-6-27)26(38)19-11-18(24-28-16-29-30-24)12-20(13-19)35-7-1-2-8-35;;/h3-4,11-14,16H,1-2,5-10,15H2,(H,28,29,30)(H,31,32,33,34);;/q;+1;-1. The maximum absolute atomic E-state index is 13.7. The third-order valence-corrected chi connectivity index (χ3v) is 7.98. The molecule has 4 aromatic rings. The number of aromatic amines is 2. The summed E-state index contributed by atoms with van der Waals surface area (Å²) in [6.07, 6.45) is 5.19. The number of tetrazole rings is 1. The van der Waals surface area contributed by atoms with E-state index in [0.29, 0.717) is 60.0 Å². The van der Waals surface area contributed by atoms with Gasteiger partial charge in [-0.3, -0.25) is 14.7 Å². The van der Waals surface area contributed by atoms with E-state index in [9.17, 15) is 9.59 Å². The van der Waals surface area contributed by atoms with Gasteiger partial charge in [0, 0.05) is 61.4 Å². The first kappa shape index (κ1) is 26.6. The minimum atomic E-state index is -0.614. The van der Waals surface area contributed by atoms with E-state index in [0.717, 1.165) is 37.2 Å². The van der Waals surface area contributed by atoms with Crippen molar-refractivity contribution >= 4 is 17.4 Å². The van der Waals surface area contributed by atoms with E-state index in [1.165, 1.54) is 6.33 Å². The molecule has 0 radical (unpaired) electrons. The number of rotatable bonds is 4. The topological polar surface area (TPSA) is 146 Å². The second kappa shape index (κ2) is 10.8. The number of hydrogen-bond acceptors (Lipinski definition) is 9. The number of Topliss-reactive ketones (excluding diaryl/α,β-unsaturated/α-hetero) is 1. The number of hydrogen-bond donors (Lipinski definition) is 2. The Bertz CT molecular complexity index is 1530. The van der Waals surface area contributed by atoms with E-state index in [-0.39, 0.29) is 49.1 Å². The molecule has 3 aliphatic rings. The van der Waals surface area contributed by atoms with Gasteiger partial charge in [-0.2, -0.15) is 10.3 Å². The molecule has 2 aromatic heterocycles. The number of H-pyrrole nitrogens is 2. The van der Waals surface area contributed by atoms with Crippen molar-refractivity contribution in [3.8, 4) is 28.5 Å². The normalized spacial score (nSPS) is 17.9. The summed E-state index contributed by atoms with van der Waals surface area (Å²) in [5.41, 5.74) is 3.11. The largest absolute Gasteiger partial charge is 1.00 e. The summed E-state index contributed by atoms with van der Waals surface area (Å²) < 4.78 is 6.44. The number of piperidine rings is 1. The number of aromatic nitrogens is 7. The van der Waals surface area contributed by atoms with Gasteiger partial charge in [0.15, 0.2) is 11.6 Å². The summed E-state index contributed by atoms with van der Waals surface area (Å²) >= 11 is 0. The molecule has 5 heterocycles. The zero-order valence-electron chi connectivity index (χ0n) is 23.3. The Balaban J connectivity index is 0.00000169. The van der Waals surface area contributed by atoms with E-state index in [1.54, 1.807) is 12.1 Å². The summed E-state index contributed by atoms with van der Waals surface area (Å²) in [6, 6.07) is 11.3. The average molecular weight is 550 g/mol. The summed E-state index contributed by atoms with van der Waals surface area (Å²) in [5, 5.41) is 20.9. The minimum Gasteiger partial charge on any atom is -1.00 e. The number of nitrogens with zero attached hydrogens (tertiary/aromatic N) is 7. The van der Waals surface area contributed by atoms with Crippen molar-refractivity contribution in [1.29, 1.82) is 0 Å². The third-order valence-electron chi connectivity index (χ3n) is 7.98. The third kappa shape index (κ3) is 4.91. The molecule has 7 rings (SSSR count). The van der Waals surface area contributed by atoms with Crippen LogP contribution in [-0.2, 0) is 0 Å². The van der Waals surface area contributed by atoms with E-state index >= 15 is 0 Å². The number of carbonyl (C=O) groups is 2. The van der Waals surface area contributed by atoms with Gasteiger partial charge in [-0.1, -0.05) is 0 Å². The van der Waals surface area contributed by atoms with Crippen LogP contribution in [0.4, 0.5) is 5.69 Å². The second-order valence-electron chi connectivity index (χ2n) is 10.4. The van der Waals surface area contributed by atoms with Crippen LogP contribution in [0, 0.1) is 0 Å². The van der Waals surface area contributed by atoms with Crippen LogP contribution in [0.5, 0.6) is 5.75 Å². The number of fused-ring (bicyclic) bond motifs is 1. The van der Waals surface area contributed by atoms with Crippen molar-refractivity contribution in [2.24, 2.45) is 0 Å². The van der Waals surface area contributed by atoms with Gasteiger partial charge in [0.2, 0.25) is 5.82 Å². The molecule has 200 valence electrons. The Kier molecular flexibility index (Phi) is 7.15. The van der Waals surface area contributed by atoms with E-state index < -0.39 is 5.60 Å². The molecule has 2 aromatic carbocycles. The molecule has 0 unspecified atom stereocenters. The number of carbonyl (C=O) groups excluding carboxylic acids is 2. The molecule has 13 heteroatoms. The Hall–Kier alpha value is -3.61. The molecule has 0 atom stereocenters. The van der Waals surface area contributed by atoms with Crippen molar-refractivity contribution in [3.63, 3.8) is 0 Å². The van der Waals surface area contributed by atoms with Gasteiger partial charge in [-0.25, -0.2) is 4.98 Å². The van der Waals surface area contributed by atoms with E-state index in [1.807, 2.05) is 23.1 Å². The minimum absolute atomic E-state index is 0. The zero-order valence-corrected chi connectivity index (χ0v) is 24.3. The molecule has 40 heavy (non-hydrogen) atoms. The molecule has 0 saturated carbocycles. The predicted octanol–water partition coefficient (Wildman–Crippen LogP) is 0.00870. The van der Waals surface area contributed by atoms with Crippen molar-refractivity contribution in [3.05, 3.63) is 53.9 Å². The Morgan fingerprint density at radius 2 is 1.85 bits per heavy atom. The molecule has 0 bridgehead atoms. The van der Waals surface area contributed by atoms with Crippen molar-refractivity contribution < 1.29 is 45.3 Å². The molecular weight excluding hydrogens is 521 g/mol. The average Bonchev–Trinajstić information content (AvgIpc) is 3.77. The van der Waals surface area contributed by atoms with Gasteiger partial charge < -0.3 is 16.0 Å². The molecule has 2 fully saturated rings. The predicted molar refractivity (Wildman–Crippen MR) is 141 cm³/mol. The number of ketones is 1. The maximum atomic E-state index is 13.7. The van der Waals surface area contributed by atoms with Gasteiger partial charge in [0.25, 0.3) is 5.91 Å². The van der Waals surface area contributed by atoms with Crippen molar-refractivity contribution in [2.45, 2.75) is 37.7 Å². The fraction of sp³-hybridized carbons (Fsp3) is 0.370. The molecule has 1 spiro atoms. The summed E-state index contributed by atoms with van der Waals surface area (Å²) in [4.78, 5) is 35.4. The number of nitrogens with one attached hydrogen (secondary N) is 2. The Morgan fingerprint density at radius 1 is 1.02 bits per heavy atom. The SMILES string of the molecule is O=C1CC2(CCN(C(=O)c3cc(-c4ncn[nH]4)cc(N4CCCC4)c3)CC2)Oc2ccc(-c3nn[nH]n3)cc21.[H-].[Na+].